The fourth-order valence-corrected chi connectivity index (χ4v) is 3.39. The molecular formula is C15H23FN2OS. The first-order chi connectivity index (χ1) is 9.62. The van der Waals surface area contributed by atoms with Crippen molar-refractivity contribution in [2.75, 3.05) is 33.0 Å². The molecule has 0 atom stereocenters. The molecule has 1 aromatic carbocycles. The van der Waals surface area contributed by atoms with Gasteiger partial charge in [-0.3, -0.25) is 4.90 Å². The van der Waals surface area contributed by atoms with Gasteiger partial charge in [-0.1, -0.05) is 6.07 Å². The molecule has 3 nitrogen and oxygen atoms in total. The van der Waals surface area contributed by atoms with E-state index in [4.69, 9.17) is 10.5 Å². The molecular weight excluding hydrogens is 275 g/mol. The molecule has 1 aliphatic rings. The maximum Gasteiger partial charge on any atom is 0.131 e. The lowest BCUT2D eigenvalue weighted by Gasteiger charge is -2.40. The van der Waals surface area contributed by atoms with Gasteiger partial charge in [0.15, 0.2) is 0 Å². The van der Waals surface area contributed by atoms with Crippen molar-refractivity contribution in [3.05, 3.63) is 29.6 Å². The van der Waals surface area contributed by atoms with Gasteiger partial charge in [0.1, 0.15) is 11.6 Å². The van der Waals surface area contributed by atoms with Crippen LogP contribution in [0.4, 0.5) is 4.39 Å². The molecule has 0 saturated carbocycles. The molecule has 0 bridgehead atoms. The smallest absolute Gasteiger partial charge is 0.131 e. The number of rotatable bonds is 5. The number of nitrogens with two attached hydrogens (primary N) is 1. The second-order valence-corrected chi connectivity index (χ2v) is 6.60. The van der Waals surface area contributed by atoms with Crippen molar-refractivity contribution >= 4 is 11.8 Å². The van der Waals surface area contributed by atoms with Crippen LogP contribution in [0.2, 0.25) is 0 Å². The molecule has 1 aromatic rings. The summed E-state index contributed by atoms with van der Waals surface area (Å²) in [6.07, 6.45) is 4.27. The minimum absolute atomic E-state index is 0.190. The Morgan fingerprint density at radius 1 is 1.40 bits per heavy atom. The number of thioether (sulfide) groups is 1. The SMILES string of the molecule is COc1ccc(CN2CCC(CN)(SC)CC2)c(F)c1. The maximum atomic E-state index is 13.9. The molecule has 0 radical (unpaired) electrons. The van der Waals surface area contributed by atoms with Crippen LogP contribution in [0.15, 0.2) is 18.2 Å². The molecule has 0 aromatic heterocycles. The van der Waals surface area contributed by atoms with Crippen LogP contribution in [0.1, 0.15) is 18.4 Å². The molecule has 0 spiro atoms. The molecule has 2 rings (SSSR count). The minimum atomic E-state index is -0.190. The van der Waals surface area contributed by atoms with Gasteiger partial charge in [-0.25, -0.2) is 4.39 Å². The van der Waals surface area contributed by atoms with Gasteiger partial charge in [0.2, 0.25) is 0 Å². The van der Waals surface area contributed by atoms with E-state index in [-0.39, 0.29) is 10.6 Å². The quantitative estimate of drug-likeness (QED) is 0.906. The Kier molecular flexibility index (Phi) is 5.29. The second-order valence-electron chi connectivity index (χ2n) is 5.32. The molecule has 1 heterocycles. The molecule has 1 aliphatic heterocycles. The molecule has 20 heavy (non-hydrogen) atoms. The van der Waals surface area contributed by atoms with E-state index in [0.717, 1.165) is 38.0 Å². The highest BCUT2D eigenvalue weighted by Gasteiger charge is 2.32. The Balaban J connectivity index is 1.96. The van der Waals surface area contributed by atoms with Crippen LogP contribution in [0.25, 0.3) is 0 Å². The Labute approximate surface area is 124 Å². The topological polar surface area (TPSA) is 38.5 Å². The molecule has 0 unspecified atom stereocenters. The fourth-order valence-electron chi connectivity index (χ4n) is 2.63. The number of methoxy groups -OCH3 is 1. The van der Waals surface area contributed by atoms with E-state index in [1.165, 1.54) is 6.07 Å². The lowest BCUT2D eigenvalue weighted by atomic mass is 9.95. The summed E-state index contributed by atoms with van der Waals surface area (Å²) in [4.78, 5) is 2.30. The number of benzene rings is 1. The van der Waals surface area contributed by atoms with Crippen molar-refractivity contribution in [2.45, 2.75) is 24.1 Å². The van der Waals surface area contributed by atoms with Crippen molar-refractivity contribution in [3.63, 3.8) is 0 Å². The van der Waals surface area contributed by atoms with E-state index in [2.05, 4.69) is 11.2 Å². The number of likely N-dealkylation sites (tertiary alicyclic amines) is 1. The van der Waals surface area contributed by atoms with Gasteiger partial charge in [-0.05, 0) is 38.3 Å². The Morgan fingerprint density at radius 3 is 2.60 bits per heavy atom. The number of hydrogen-bond acceptors (Lipinski definition) is 4. The van der Waals surface area contributed by atoms with Crippen LogP contribution >= 0.6 is 11.8 Å². The average molecular weight is 298 g/mol. The van der Waals surface area contributed by atoms with Crippen LogP contribution in [-0.2, 0) is 6.54 Å². The van der Waals surface area contributed by atoms with E-state index >= 15 is 0 Å². The predicted octanol–water partition coefficient (Wildman–Crippen LogP) is 2.49. The number of piperidine rings is 1. The van der Waals surface area contributed by atoms with Crippen LogP contribution in [-0.4, -0.2) is 42.6 Å². The summed E-state index contributed by atoms with van der Waals surface area (Å²) in [5.41, 5.74) is 6.62. The summed E-state index contributed by atoms with van der Waals surface area (Å²) in [6.45, 7) is 3.33. The zero-order valence-electron chi connectivity index (χ0n) is 12.2. The van der Waals surface area contributed by atoms with Gasteiger partial charge < -0.3 is 10.5 Å². The normalized spacial score (nSPS) is 19.0. The lowest BCUT2D eigenvalue weighted by molar-refractivity contribution is 0.193. The predicted molar refractivity (Wildman–Crippen MR) is 82.8 cm³/mol. The third-order valence-electron chi connectivity index (χ3n) is 4.23. The zero-order valence-corrected chi connectivity index (χ0v) is 13.0. The molecule has 2 N–H and O–H groups in total. The van der Waals surface area contributed by atoms with Crippen molar-refractivity contribution < 1.29 is 9.13 Å². The van der Waals surface area contributed by atoms with Crippen LogP contribution < -0.4 is 10.5 Å². The second kappa shape index (κ2) is 6.78. The molecule has 1 saturated heterocycles. The van der Waals surface area contributed by atoms with E-state index in [1.807, 2.05) is 23.9 Å². The number of hydrogen-bond donors (Lipinski definition) is 1. The first-order valence-corrected chi connectivity index (χ1v) is 8.15. The van der Waals surface area contributed by atoms with Crippen LogP contribution in [0, 0.1) is 5.82 Å². The number of nitrogens with zero attached hydrogens (tertiary/aromatic N) is 1. The Hall–Kier alpha value is -0.780. The fraction of sp³-hybridized carbons (Fsp3) is 0.600. The number of ether oxygens (including phenoxy) is 1. The van der Waals surface area contributed by atoms with Gasteiger partial charge in [-0.2, -0.15) is 11.8 Å². The highest BCUT2D eigenvalue weighted by Crippen LogP contribution is 2.34. The maximum absolute atomic E-state index is 13.9. The monoisotopic (exact) mass is 298 g/mol. The first-order valence-electron chi connectivity index (χ1n) is 6.92. The molecule has 0 amide bonds. The summed E-state index contributed by atoms with van der Waals surface area (Å²) in [6, 6.07) is 5.08. The number of halogens is 1. The lowest BCUT2D eigenvalue weighted by Crippen LogP contribution is -2.46. The van der Waals surface area contributed by atoms with Gasteiger partial charge >= 0.3 is 0 Å². The van der Waals surface area contributed by atoms with Gasteiger partial charge in [0, 0.05) is 29.5 Å². The third-order valence-corrected chi connectivity index (χ3v) is 5.67. The summed E-state index contributed by atoms with van der Waals surface area (Å²) < 4.78 is 19.2. The van der Waals surface area contributed by atoms with Crippen molar-refractivity contribution in [3.8, 4) is 5.75 Å². The van der Waals surface area contributed by atoms with E-state index in [1.54, 1.807) is 7.11 Å². The van der Waals surface area contributed by atoms with Gasteiger partial charge in [-0.15, -0.1) is 0 Å². The summed E-state index contributed by atoms with van der Waals surface area (Å²) in [5, 5.41) is 0. The van der Waals surface area contributed by atoms with Crippen molar-refractivity contribution in [2.24, 2.45) is 5.73 Å². The highest BCUT2D eigenvalue weighted by atomic mass is 32.2. The van der Waals surface area contributed by atoms with Crippen molar-refractivity contribution in [1.82, 2.24) is 4.90 Å². The van der Waals surface area contributed by atoms with E-state index in [9.17, 15) is 4.39 Å². The summed E-state index contributed by atoms with van der Waals surface area (Å²) in [7, 11) is 1.55. The highest BCUT2D eigenvalue weighted by molar-refractivity contribution is 8.00. The van der Waals surface area contributed by atoms with Crippen molar-refractivity contribution in [1.29, 1.82) is 0 Å². The summed E-state index contributed by atoms with van der Waals surface area (Å²) in [5.74, 6) is 0.374. The Morgan fingerprint density at radius 2 is 2.10 bits per heavy atom. The van der Waals surface area contributed by atoms with Crippen LogP contribution in [0.3, 0.4) is 0 Å². The van der Waals surface area contributed by atoms with E-state index < -0.39 is 0 Å². The van der Waals surface area contributed by atoms with Gasteiger partial charge in [0.25, 0.3) is 0 Å². The summed E-state index contributed by atoms with van der Waals surface area (Å²) >= 11 is 1.87. The molecule has 112 valence electrons. The standard InChI is InChI=1S/C15H23FN2OS/c1-19-13-4-3-12(14(16)9-13)10-18-7-5-15(11-17,20-2)6-8-18/h3-4,9H,5-8,10-11,17H2,1-2H3. The third kappa shape index (κ3) is 3.45. The average Bonchev–Trinajstić information content (AvgIpc) is 2.50. The Bertz CT molecular complexity index is 441. The van der Waals surface area contributed by atoms with E-state index in [0.29, 0.717) is 12.3 Å². The largest absolute Gasteiger partial charge is 0.497 e. The first kappa shape index (κ1) is 15.6. The molecule has 0 aliphatic carbocycles. The zero-order chi connectivity index (χ0) is 14.6. The van der Waals surface area contributed by atoms with Gasteiger partial charge in [0.05, 0.1) is 7.11 Å². The minimum Gasteiger partial charge on any atom is -0.497 e. The van der Waals surface area contributed by atoms with Crippen LogP contribution in [0.5, 0.6) is 5.75 Å². The molecule has 1 fully saturated rings. The molecule has 5 heteroatoms.